The second kappa shape index (κ2) is 9.37. The Morgan fingerprint density at radius 1 is 1.08 bits per heavy atom. The molecule has 1 unspecified atom stereocenters. The molecule has 7 heteroatoms. The first-order valence-electron chi connectivity index (χ1n) is 8.60. The van der Waals surface area contributed by atoms with Gasteiger partial charge in [0.15, 0.2) is 5.78 Å². The molecule has 140 valence electrons. The second-order valence-corrected chi connectivity index (χ2v) is 8.49. The Labute approximate surface area is 149 Å². The molecule has 1 saturated carbocycles. The monoisotopic (exact) mass is 370 g/mol. The van der Waals surface area contributed by atoms with Gasteiger partial charge in [0.2, 0.25) is 0 Å². The average molecular weight is 370 g/mol. The summed E-state index contributed by atoms with van der Waals surface area (Å²) < 4.78 is 34.2. The number of Topliss-reactive ketones (excluding diaryl/α,β-unsaturated/α-hetero) is 1. The van der Waals surface area contributed by atoms with Crippen molar-refractivity contribution in [2.75, 3.05) is 27.9 Å². The highest BCUT2D eigenvalue weighted by Gasteiger charge is 2.35. The first-order chi connectivity index (χ1) is 12.1. The highest BCUT2D eigenvalue weighted by Crippen LogP contribution is 2.56. The van der Waals surface area contributed by atoms with Crippen molar-refractivity contribution in [3.8, 4) is 11.5 Å². The van der Waals surface area contributed by atoms with E-state index in [1.807, 2.05) is 0 Å². The van der Waals surface area contributed by atoms with Gasteiger partial charge in [-0.2, -0.15) is 0 Å². The maximum Gasteiger partial charge on any atom is 0.333 e. The minimum absolute atomic E-state index is 0.0433. The van der Waals surface area contributed by atoms with Crippen molar-refractivity contribution in [2.24, 2.45) is 0 Å². The van der Waals surface area contributed by atoms with Crippen LogP contribution in [0.4, 0.5) is 0 Å². The number of benzene rings is 1. The molecule has 1 aromatic carbocycles. The maximum atomic E-state index is 12.9. The molecule has 1 atom stereocenters. The average Bonchev–Trinajstić information content (AvgIpc) is 2.67. The maximum absolute atomic E-state index is 12.9. The topological polar surface area (TPSA) is 71.1 Å². The minimum atomic E-state index is -3.18. The number of carbonyl (C=O) groups is 1. The summed E-state index contributed by atoms with van der Waals surface area (Å²) in [5, 5.41) is 0. The van der Waals surface area contributed by atoms with E-state index in [2.05, 4.69) is 0 Å². The van der Waals surface area contributed by atoms with Crippen molar-refractivity contribution in [1.82, 2.24) is 0 Å². The number of carbonyl (C=O) groups excluding carboxylic acids is 1. The molecule has 25 heavy (non-hydrogen) atoms. The molecule has 0 spiro atoms. The van der Waals surface area contributed by atoms with Crippen LogP contribution in [0.3, 0.4) is 0 Å². The Hall–Kier alpha value is -1.36. The highest BCUT2D eigenvalue weighted by atomic mass is 31.2. The van der Waals surface area contributed by atoms with E-state index in [-0.39, 0.29) is 24.5 Å². The van der Waals surface area contributed by atoms with Crippen molar-refractivity contribution >= 4 is 13.4 Å². The number of rotatable bonds is 9. The van der Waals surface area contributed by atoms with Crippen LogP contribution in [0.1, 0.15) is 48.9 Å². The molecule has 2 rings (SSSR count). The Kier molecular flexibility index (Phi) is 7.48. The largest absolute Gasteiger partial charge is 0.496 e. The molecule has 0 N–H and O–H groups in total. The van der Waals surface area contributed by atoms with E-state index in [1.165, 1.54) is 21.3 Å². The fraction of sp³-hybridized carbons (Fsp3) is 0.611. The van der Waals surface area contributed by atoms with Crippen molar-refractivity contribution in [2.45, 2.75) is 44.2 Å². The Morgan fingerprint density at radius 3 is 2.20 bits per heavy atom. The van der Waals surface area contributed by atoms with E-state index in [9.17, 15) is 9.36 Å². The summed E-state index contributed by atoms with van der Waals surface area (Å²) >= 11 is 0. The summed E-state index contributed by atoms with van der Waals surface area (Å²) in [6, 6.07) is 5.17. The molecular weight excluding hydrogens is 343 g/mol. The molecule has 0 radical (unpaired) electrons. The first kappa shape index (κ1) is 20.0. The smallest absolute Gasteiger partial charge is 0.333 e. The van der Waals surface area contributed by atoms with Gasteiger partial charge in [-0.1, -0.05) is 25.3 Å². The lowest BCUT2D eigenvalue weighted by Gasteiger charge is -2.28. The highest BCUT2D eigenvalue weighted by molar-refractivity contribution is 7.54. The van der Waals surface area contributed by atoms with Crippen molar-refractivity contribution in [1.29, 1.82) is 0 Å². The van der Waals surface area contributed by atoms with E-state index in [4.69, 9.17) is 18.5 Å². The van der Waals surface area contributed by atoms with Crippen molar-refractivity contribution in [3.63, 3.8) is 0 Å². The molecule has 1 aliphatic rings. The SMILES string of the molecule is COc1cccc(OC)c1C(=O)CCOP(=O)(OC)C1CCCCC1. The normalized spacial score (nSPS) is 17.7. The van der Waals surface area contributed by atoms with Crippen LogP contribution < -0.4 is 9.47 Å². The van der Waals surface area contributed by atoms with Crippen LogP contribution in [0.25, 0.3) is 0 Å². The zero-order valence-electron chi connectivity index (χ0n) is 15.2. The van der Waals surface area contributed by atoms with Gasteiger partial charge in [-0.25, -0.2) is 0 Å². The lowest BCUT2D eigenvalue weighted by atomic mass is 10.0. The number of ether oxygens (including phenoxy) is 2. The number of methoxy groups -OCH3 is 2. The summed E-state index contributed by atoms with van der Waals surface area (Å²) in [6.45, 7) is 0.0433. The number of hydrogen-bond acceptors (Lipinski definition) is 6. The molecule has 0 saturated heterocycles. The Morgan fingerprint density at radius 2 is 1.68 bits per heavy atom. The first-order valence-corrected chi connectivity index (χ1v) is 10.2. The van der Waals surface area contributed by atoms with Crippen LogP contribution in [0, 0.1) is 0 Å². The molecule has 1 aliphatic carbocycles. The third-order valence-corrected chi connectivity index (χ3v) is 7.05. The predicted molar refractivity (Wildman–Crippen MR) is 95.9 cm³/mol. The predicted octanol–water partition coefficient (Wildman–Crippen LogP) is 4.47. The zero-order chi connectivity index (χ0) is 18.3. The molecule has 1 fully saturated rings. The van der Waals surface area contributed by atoms with Gasteiger partial charge in [-0.05, 0) is 25.0 Å². The third-order valence-electron chi connectivity index (χ3n) is 4.58. The fourth-order valence-corrected chi connectivity index (χ4v) is 5.18. The summed E-state index contributed by atoms with van der Waals surface area (Å²) in [5.74, 6) is 0.721. The van der Waals surface area contributed by atoms with E-state index in [0.29, 0.717) is 17.1 Å². The van der Waals surface area contributed by atoms with Crippen LogP contribution >= 0.6 is 7.60 Å². The summed E-state index contributed by atoms with van der Waals surface area (Å²) in [6.07, 6.45) is 5.01. The van der Waals surface area contributed by atoms with Gasteiger partial charge in [0.05, 0.1) is 26.5 Å². The minimum Gasteiger partial charge on any atom is -0.496 e. The fourth-order valence-electron chi connectivity index (χ4n) is 3.22. The van der Waals surface area contributed by atoms with E-state index in [0.717, 1.165) is 32.1 Å². The van der Waals surface area contributed by atoms with Crippen molar-refractivity contribution in [3.05, 3.63) is 23.8 Å². The van der Waals surface area contributed by atoms with Gasteiger partial charge < -0.3 is 18.5 Å². The van der Waals surface area contributed by atoms with Gasteiger partial charge in [-0.15, -0.1) is 0 Å². The molecule has 0 aromatic heterocycles. The quantitative estimate of drug-likeness (QED) is 0.472. The van der Waals surface area contributed by atoms with E-state index in [1.54, 1.807) is 18.2 Å². The van der Waals surface area contributed by atoms with Crippen LogP contribution in [0.15, 0.2) is 18.2 Å². The van der Waals surface area contributed by atoms with E-state index >= 15 is 0 Å². The second-order valence-electron chi connectivity index (χ2n) is 6.06. The van der Waals surface area contributed by atoms with Gasteiger partial charge in [0.1, 0.15) is 17.1 Å². The van der Waals surface area contributed by atoms with Gasteiger partial charge in [-0.3, -0.25) is 9.36 Å². The lowest BCUT2D eigenvalue weighted by molar-refractivity contribution is 0.0950. The van der Waals surface area contributed by atoms with Crippen LogP contribution in [0.5, 0.6) is 11.5 Å². The van der Waals surface area contributed by atoms with E-state index < -0.39 is 7.60 Å². The number of ketones is 1. The summed E-state index contributed by atoms with van der Waals surface area (Å²) in [7, 11) is 1.25. The summed E-state index contributed by atoms with van der Waals surface area (Å²) in [4.78, 5) is 12.6. The number of hydrogen-bond donors (Lipinski definition) is 0. The van der Waals surface area contributed by atoms with Crippen molar-refractivity contribution < 1.29 is 27.9 Å². The molecule has 0 bridgehead atoms. The van der Waals surface area contributed by atoms with Crippen LogP contribution in [-0.2, 0) is 13.6 Å². The van der Waals surface area contributed by atoms with Gasteiger partial charge in [0, 0.05) is 13.5 Å². The molecule has 0 amide bonds. The third kappa shape index (κ3) is 4.84. The van der Waals surface area contributed by atoms with Crippen LogP contribution in [0.2, 0.25) is 0 Å². The van der Waals surface area contributed by atoms with Gasteiger partial charge in [0.25, 0.3) is 0 Å². The standard InChI is InChI=1S/C18H27O6P/c1-21-16-10-7-11-17(22-2)18(16)15(19)12-13-24-25(20,23-3)14-8-5-4-6-9-14/h7,10-11,14H,4-6,8-9,12-13H2,1-3H3. The zero-order valence-corrected chi connectivity index (χ0v) is 16.1. The Bertz CT molecular complexity index is 602. The summed E-state index contributed by atoms with van der Waals surface area (Å²) in [5.41, 5.74) is 0.308. The molecule has 6 nitrogen and oxygen atoms in total. The lowest BCUT2D eigenvalue weighted by Crippen LogP contribution is -2.17. The van der Waals surface area contributed by atoms with Crippen LogP contribution in [-0.4, -0.2) is 39.4 Å². The Balaban J connectivity index is 2.01. The molecule has 0 aliphatic heterocycles. The molecule has 0 heterocycles. The molecular formula is C18H27O6P. The van der Waals surface area contributed by atoms with Gasteiger partial charge >= 0.3 is 7.60 Å². The molecule has 1 aromatic rings.